The van der Waals surface area contributed by atoms with Crippen LogP contribution in [-0.4, -0.2) is 7.11 Å². The van der Waals surface area contributed by atoms with Crippen molar-refractivity contribution in [2.45, 2.75) is 26.4 Å². The minimum atomic E-state index is 0.147. The summed E-state index contributed by atoms with van der Waals surface area (Å²) in [7, 11) is 1.74. The fourth-order valence-corrected chi connectivity index (χ4v) is 2.12. The Morgan fingerprint density at radius 2 is 1.70 bits per heavy atom. The van der Waals surface area contributed by atoms with Crippen molar-refractivity contribution in [2.75, 3.05) is 7.11 Å². The number of aryl methyl sites for hydroxylation is 1. The van der Waals surface area contributed by atoms with E-state index >= 15 is 0 Å². The third kappa shape index (κ3) is 3.82. The first-order valence-corrected chi connectivity index (χ1v) is 7.12. The maximum absolute atomic E-state index is 5.31. The van der Waals surface area contributed by atoms with E-state index in [1.54, 1.807) is 7.11 Å². The summed E-state index contributed by atoms with van der Waals surface area (Å²) >= 11 is 0. The zero-order valence-corrected chi connectivity index (χ0v) is 12.5. The zero-order valence-electron chi connectivity index (χ0n) is 12.5. The van der Waals surface area contributed by atoms with Crippen LogP contribution in [0.4, 0.5) is 0 Å². The monoisotopic (exact) mass is 266 g/mol. The Kier molecular flexibility index (Phi) is 5.14. The molecule has 0 radical (unpaired) electrons. The summed E-state index contributed by atoms with van der Waals surface area (Å²) in [6.07, 6.45) is 5.53. The summed E-state index contributed by atoms with van der Waals surface area (Å²) in [4.78, 5) is 0. The van der Waals surface area contributed by atoms with Gasteiger partial charge in [-0.15, -0.1) is 0 Å². The first-order chi connectivity index (χ1) is 9.72. The second-order valence-electron chi connectivity index (χ2n) is 4.98. The first-order valence-electron chi connectivity index (χ1n) is 7.12. The molecule has 0 N–H and O–H groups in total. The SMILES string of the molecule is CCc1cccc(C=Cc2ccc(C(C)OC)cc2)c1. The molecule has 1 heteroatoms. The van der Waals surface area contributed by atoms with Crippen LogP contribution in [0.3, 0.4) is 0 Å². The molecule has 1 nitrogen and oxygen atoms in total. The summed E-state index contributed by atoms with van der Waals surface area (Å²) in [5, 5.41) is 0. The van der Waals surface area contributed by atoms with E-state index in [0.29, 0.717) is 0 Å². The predicted molar refractivity (Wildman–Crippen MR) is 86.6 cm³/mol. The van der Waals surface area contributed by atoms with Crippen molar-refractivity contribution in [1.82, 2.24) is 0 Å². The molecule has 0 aliphatic rings. The molecule has 20 heavy (non-hydrogen) atoms. The molecule has 0 fully saturated rings. The van der Waals surface area contributed by atoms with Crippen LogP contribution in [0.15, 0.2) is 48.5 Å². The molecule has 1 unspecified atom stereocenters. The van der Waals surface area contributed by atoms with Gasteiger partial charge in [0, 0.05) is 7.11 Å². The first kappa shape index (κ1) is 14.5. The summed E-state index contributed by atoms with van der Waals surface area (Å²) in [5.41, 5.74) is 5.03. The second kappa shape index (κ2) is 7.06. The minimum absolute atomic E-state index is 0.147. The van der Waals surface area contributed by atoms with Crippen LogP contribution in [0.2, 0.25) is 0 Å². The average Bonchev–Trinajstić information content (AvgIpc) is 2.53. The van der Waals surface area contributed by atoms with E-state index in [-0.39, 0.29) is 6.10 Å². The lowest BCUT2D eigenvalue weighted by Crippen LogP contribution is -1.94. The predicted octanol–water partition coefficient (Wildman–Crippen LogP) is 5.13. The van der Waals surface area contributed by atoms with E-state index in [0.717, 1.165) is 6.42 Å². The van der Waals surface area contributed by atoms with Gasteiger partial charge in [-0.05, 0) is 35.6 Å². The summed E-state index contributed by atoms with van der Waals surface area (Å²) < 4.78 is 5.31. The van der Waals surface area contributed by atoms with Gasteiger partial charge in [-0.25, -0.2) is 0 Å². The van der Waals surface area contributed by atoms with Crippen LogP contribution >= 0.6 is 0 Å². The number of hydrogen-bond donors (Lipinski definition) is 0. The van der Waals surface area contributed by atoms with E-state index in [2.05, 4.69) is 74.5 Å². The Bertz CT molecular complexity index is 567. The number of methoxy groups -OCH3 is 1. The van der Waals surface area contributed by atoms with Gasteiger partial charge in [0.05, 0.1) is 6.10 Å². The van der Waals surface area contributed by atoms with Crippen molar-refractivity contribution in [3.63, 3.8) is 0 Å². The normalized spacial score (nSPS) is 12.8. The molecule has 2 aromatic rings. The lowest BCUT2D eigenvalue weighted by atomic mass is 10.1. The van der Waals surface area contributed by atoms with Crippen LogP contribution in [0.5, 0.6) is 0 Å². The molecular weight excluding hydrogens is 244 g/mol. The van der Waals surface area contributed by atoms with Crippen molar-refractivity contribution in [1.29, 1.82) is 0 Å². The van der Waals surface area contributed by atoms with Crippen molar-refractivity contribution in [2.24, 2.45) is 0 Å². The molecular formula is C19H22O. The Morgan fingerprint density at radius 1 is 1.00 bits per heavy atom. The van der Waals surface area contributed by atoms with Gasteiger partial charge in [0.1, 0.15) is 0 Å². The topological polar surface area (TPSA) is 9.23 Å². The van der Waals surface area contributed by atoms with E-state index in [1.807, 2.05) is 0 Å². The van der Waals surface area contributed by atoms with Crippen molar-refractivity contribution >= 4 is 12.2 Å². The number of ether oxygens (including phenoxy) is 1. The van der Waals surface area contributed by atoms with Gasteiger partial charge in [-0.1, -0.05) is 67.6 Å². The largest absolute Gasteiger partial charge is 0.377 e. The molecule has 0 bridgehead atoms. The number of benzene rings is 2. The molecule has 0 saturated carbocycles. The van der Waals surface area contributed by atoms with Crippen LogP contribution in [0.1, 0.15) is 42.2 Å². The molecule has 2 aromatic carbocycles. The van der Waals surface area contributed by atoms with Gasteiger partial charge in [-0.3, -0.25) is 0 Å². The van der Waals surface area contributed by atoms with E-state index in [9.17, 15) is 0 Å². The standard InChI is InChI=1S/C19H22O/c1-4-16-6-5-7-18(14-16)9-8-17-10-12-19(13-11-17)15(2)20-3/h5-15H,4H2,1-3H3. The number of rotatable bonds is 5. The second-order valence-corrected chi connectivity index (χ2v) is 4.98. The molecule has 0 amide bonds. The summed E-state index contributed by atoms with van der Waals surface area (Å²) in [6.45, 7) is 4.24. The fraction of sp³-hybridized carbons (Fsp3) is 0.263. The highest BCUT2D eigenvalue weighted by Crippen LogP contribution is 2.17. The molecule has 0 aromatic heterocycles. The molecule has 0 aliphatic carbocycles. The minimum Gasteiger partial charge on any atom is -0.377 e. The Hall–Kier alpha value is -1.86. The third-order valence-electron chi connectivity index (χ3n) is 3.59. The van der Waals surface area contributed by atoms with E-state index < -0.39 is 0 Å². The van der Waals surface area contributed by atoms with Gasteiger partial charge in [0.15, 0.2) is 0 Å². The van der Waals surface area contributed by atoms with Crippen LogP contribution < -0.4 is 0 Å². The zero-order chi connectivity index (χ0) is 14.4. The Morgan fingerprint density at radius 3 is 2.35 bits per heavy atom. The fourth-order valence-electron chi connectivity index (χ4n) is 2.12. The Labute approximate surface area is 121 Å². The quantitative estimate of drug-likeness (QED) is 0.682. The third-order valence-corrected chi connectivity index (χ3v) is 3.59. The van der Waals surface area contributed by atoms with Crippen LogP contribution in [-0.2, 0) is 11.2 Å². The number of hydrogen-bond acceptors (Lipinski definition) is 1. The smallest absolute Gasteiger partial charge is 0.0793 e. The molecule has 0 heterocycles. The molecule has 2 rings (SSSR count). The van der Waals surface area contributed by atoms with Gasteiger partial charge in [-0.2, -0.15) is 0 Å². The van der Waals surface area contributed by atoms with E-state index in [1.165, 1.54) is 22.3 Å². The van der Waals surface area contributed by atoms with Crippen molar-refractivity contribution in [3.8, 4) is 0 Å². The molecule has 1 atom stereocenters. The Balaban J connectivity index is 2.10. The lowest BCUT2D eigenvalue weighted by Gasteiger charge is -2.09. The summed E-state index contributed by atoms with van der Waals surface area (Å²) in [6, 6.07) is 17.2. The molecule has 104 valence electrons. The van der Waals surface area contributed by atoms with Gasteiger partial charge in [0.25, 0.3) is 0 Å². The average molecular weight is 266 g/mol. The maximum Gasteiger partial charge on any atom is 0.0793 e. The van der Waals surface area contributed by atoms with E-state index in [4.69, 9.17) is 4.74 Å². The van der Waals surface area contributed by atoms with Gasteiger partial charge in [0.2, 0.25) is 0 Å². The van der Waals surface area contributed by atoms with Gasteiger partial charge >= 0.3 is 0 Å². The highest BCUT2D eigenvalue weighted by atomic mass is 16.5. The molecule has 0 saturated heterocycles. The van der Waals surface area contributed by atoms with Crippen molar-refractivity contribution < 1.29 is 4.74 Å². The summed E-state index contributed by atoms with van der Waals surface area (Å²) in [5.74, 6) is 0. The molecule has 0 aliphatic heterocycles. The molecule has 0 spiro atoms. The lowest BCUT2D eigenvalue weighted by molar-refractivity contribution is 0.119. The van der Waals surface area contributed by atoms with Crippen LogP contribution in [0.25, 0.3) is 12.2 Å². The van der Waals surface area contributed by atoms with Crippen LogP contribution in [0, 0.1) is 0 Å². The van der Waals surface area contributed by atoms with Crippen molar-refractivity contribution in [3.05, 3.63) is 70.8 Å². The highest BCUT2D eigenvalue weighted by Gasteiger charge is 2.01. The van der Waals surface area contributed by atoms with Gasteiger partial charge < -0.3 is 4.74 Å². The highest BCUT2D eigenvalue weighted by molar-refractivity contribution is 5.69. The maximum atomic E-state index is 5.31.